The van der Waals surface area contributed by atoms with Gasteiger partial charge in [0.05, 0.1) is 6.54 Å². The summed E-state index contributed by atoms with van der Waals surface area (Å²) in [5.74, 6) is 0.554. The van der Waals surface area contributed by atoms with E-state index in [0.717, 1.165) is 13.1 Å². The lowest BCUT2D eigenvalue weighted by atomic mass is 9.84. The minimum absolute atomic E-state index is 0.0132. The maximum absolute atomic E-state index is 5.85. The molecule has 0 aromatic heterocycles. The number of hydrogen-bond donors (Lipinski definition) is 2. The first-order valence-corrected chi connectivity index (χ1v) is 6.98. The number of guanidine groups is 1. The van der Waals surface area contributed by atoms with Crippen molar-refractivity contribution in [2.24, 2.45) is 16.1 Å². The van der Waals surface area contributed by atoms with Gasteiger partial charge in [-0.1, -0.05) is 13.8 Å². The summed E-state index contributed by atoms with van der Waals surface area (Å²) in [5, 5.41) is 3.18. The van der Waals surface area contributed by atoms with Gasteiger partial charge in [0.25, 0.3) is 0 Å². The Morgan fingerprint density at radius 1 is 1.39 bits per heavy atom. The van der Waals surface area contributed by atoms with Gasteiger partial charge in [0, 0.05) is 18.6 Å². The van der Waals surface area contributed by atoms with E-state index >= 15 is 0 Å². The Morgan fingerprint density at radius 3 is 2.61 bits per heavy atom. The standard InChI is InChI=1S/C14H30N4/c1-13(2,3)17-12(15)16-8-10-18-9-6-7-14(4,5)11-18/h6-11H2,1-5H3,(H3,15,16,17). The quantitative estimate of drug-likeness (QED) is 0.596. The van der Waals surface area contributed by atoms with Gasteiger partial charge in [0.1, 0.15) is 0 Å². The third kappa shape index (κ3) is 6.24. The van der Waals surface area contributed by atoms with Crippen LogP contribution >= 0.6 is 0 Å². The van der Waals surface area contributed by atoms with E-state index in [4.69, 9.17) is 5.73 Å². The monoisotopic (exact) mass is 254 g/mol. The molecule has 0 radical (unpaired) electrons. The molecule has 3 N–H and O–H groups in total. The zero-order valence-corrected chi connectivity index (χ0v) is 12.7. The molecule has 1 aliphatic heterocycles. The summed E-state index contributed by atoms with van der Waals surface area (Å²) < 4.78 is 0. The van der Waals surface area contributed by atoms with Crippen molar-refractivity contribution in [3.05, 3.63) is 0 Å². The highest BCUT2D eigenvalue weighted by Gasteiger charge is 2.25. The summed E-state index contributed by atoms with van der Waals surface area (Å²) in [7, 11) is 0. The highest BCUT2D eigenvalue weighted by atomic mass is 15.2. The fraction of sp³-hybridized carbons (Fsp3) is 0.929. The third-order valence-corrected chi connectivity index (χ3v) is 3.18. The maximum atomic E-state index is 5.85. The Hall–Kier alpha value is -0.770. The molecule has 1 aliphatic rings. The van der Waals surface area contributed by atoms with Crippen LogP contribution in [0.5, 0.6) is 0 Å². The van der Waals surface area contributed by atoms with Crippen molar-refractivity contribution >= 4 is 5.96 Å². The number of hydrogen-bond acceptors (Lipinski definition) is 2. The molecular weight excluding hydrogens is 224 g/mol. The number of piperidine rings is 1. The number of aliphatic imine (C=N–C) groups is 1. The van der Waals surface area contributed by atoms with Crippen LogP contribution in [0, 0.1) is 5.41 Å². The lowest BCUT2D eigenvalue weighted by Crippen LogP contribution is -2.45. The van der Waals surface area contributed by atoms with Gasteiger partial charge in [-0.3, -0.25) is 4.99 Å². The molecule has 0 atom stereocenters. The second-order valence-corrected chi connectivity index (χ2v) is 7.19. The molecule has 4 nitrogen and oxygen atoms in total. The number of nitrogens with zero attached hydrogens (tertiary/aromatic N) is 2. The second kappa shape index (κ2) is 5.91. The molecule has 1 saturated heterocycles. The second-order valence-electron chi connectivity index (χ2n) is 7.19. The molecule has 0 aromatic rings. The van der Waals surface area contributed by atoms with Gasteiger partial charge in [-0.2, -0.15) is 0 Å². The number of nitrogens with one attached hydrogen (secondary N) is 1. The summed E-state index contributed by atoms with van der Waals surface area (Å²) in [6.45, 7) is 15.1. The van der Waals surface area contributed by atoms with Gasteiger partial charge < -0.3 is 16.0 Å². The molecule has 18 heavy (non-hydrogen) atoms. The van der Waals surface area contributed by atoms with Crippen LogP contribution in [0.3, 0.4) is 0 Å². The molecule has 0 saturated carbocycles. The molecule has 106 valence electrons. The van der Waals surface area contributed by atoms with Crippen LogP contribution in [0.15, 0.2) is 4.99 Å². The smallest absolute Gasteiger partial charge is 0.189 e. The number of nitrogens with two attached hydrogens (primary N) is 1. The van der Waals surface area contributed by atoms with E-state index in [0.29, 0.717) is 11.4 Å². The molecule has 0 aliphatic carbocycles. The maximum Gasteiger partial charge on any atom is 0.189 e. The van der Waals surface area contributed by atoms with Crippen molar-refractivity contribution in [3.63, 3.8) is 0 Å². The van der Waals surface area contributed by atoms with Gasteiger partial charge in [0.15, 0.2) is 5.96 Å². The van der Waals surface area contributed by atoms with Gasteiger partial charge in [-0.05, 0) is 45.6 Å². The van der Waals surface area contributed by atoms with E-state index in [9.17, 15) is 0 Å². The van der Waals surface area contributed by atoms with Crippen molar-refractivity contribution in [2.75, 3.05) is 26.2 Å². The predicted molar refractivity (Wildman–Crippen MR) is 78.8 cm³/mol. The summed E-state index contributed by atoms with van der Waals surface area (Å²) in [6, 6.07) is 0. The van der Waals surface area contributed by atoms with Crippen molar-refractivity contribution in [1.29, 1.82) is 0 Å². The topological polar surface area (TPSA) is 53.6 Å². The van der Waals surface area contributed by atoms with Gasteiger partial charge in [0.2, 0.25) is 0 Å². The molecule has 1 fully saturated rings. The normalized spacial score (nSPS) is 21.9. The van der Waals surface area contributed by atoms with Crippen molar-refractivity contribution < 1.29 is 0 Å². The Kier molecular flexibility index (Phi) is 5.02. The van der Waals surface area contributed by atoms with Crippen LogP contribution in [0.2, 0.25) is 0 Å². The molecule has 0 spiro atoms. The predicted octanol–water partition coefficient (Wildman–Crippen LogP) is 1.81. The third-order valence-electron chi connectivity index (χ3n) is 3.18. The van der Waals surface area contributed by atoms with Gasteiger partial charge in [-0.25, -0.2) is 0 Å². The number of rotatable bonds is 3. The van der Waals surface area contributed by atoms with Crippen LogP contribution in [-0.2, 0) is 0 Å². The SMILES string of the molecule is CC1(C)CCCN(CCN=C(N)NC(C)(C)C)C1. The molecule has 4 heteroatoms. The summed E-state index contributed by atoms with van der Waals surface area (Å²) in [6.07, 6.45) is 2.63. The fourth-order valence-corrected chi connectivity index (χ4v) is 2.47. The van der Waals surface area contributed by atoms with Crippen LogP contribution in [0.25, 0.3) is 0 Å². The molecular formula is C14H30N4. The lowest BCUT2D eigenvalue weighted by molar-refractivity contribution is 0.121. The van der Waals surface area contributed by atoms with E-state index in [-0.39, 0.29) is 5.54 Å². The molecule has 1 heterocycles. The summed E-state index contributed by atoms with van der Waals surface area (Å²) in [4.78, 5) is 6.89. The summed E-state index contributed by atoms with van der Waals surface area (Å²) >= 11 is 0. The highest BCUT2D eigenvalue weighted by Crippen LogP contribution is 2.27. The zero-order chi connectivity index (χ0) is 13.8. The van der Waals surface area contributed by atoms with E-state index in [1.54, 1.807) is 0 Å². The molecule has 0 unspecified atom stereocenters. The molecule has 0 aromatic carbocycles. The van der Waals surface area contributed by atoms with Gasteiger partial charge in [-0.15, -0.1) is 0 Å². The van der Waals surface area contributed by atoms with Crippen molar-refractivity contribution in [1.82, 2.24) is 10.2 Å². The van der Waals surface area contributed by atoms with E-state index < -0.39 is 0 Å². The Balaban J connectivity index is 2.31. The Labute approximate surface area is 112 Å². The largest absolute Gasteiger partial charge is 0.370 e. The number of likely N-dealkylation sites (tertiary alicyclic amines) is 1. The summed E-state index contributed by atoms with van der Waals surface area (Å²) in [5.41, 5.74) is 6.29. The first-order valence-electron chi connectivity index (χ1n) is 6.98. The minimum atomic E-state index is -0.0132. The fourth-order valence-electron chi connectivity index (χ4n) is 2.47. The van der Waals surface area contributed by atoms with Gasteiger partial charge >= 0.3 is 0 Å². The van der Waals surface area contributed by atoms with E-state index in [1.807, 2.05) is 0 Å². The molecule has 1 rings (SSSR count). The first-order chi connectivity index (χ1) is 8.18. The highest BCUT2D eigenvalue weighted by molar-refractivity contribution is 5.78. The lowest BCUT2D eigenvalue weighted by Gasteiger charge is -2.37. The van der Waals surface area contributed by atoms with E-state index in [2.05, 4.69) is 49.8 Å². The van der Waals surface area contributed by atoms with Crippen molar-refractivity contribution in [2.45, 2.75) is 53.0 Å². The Morgan fingerprint density at radius 2 is 2.06 bits per heavy atom. The molecule has 0 bridgehead atoms. The van der Waals surface area contributed by atoms with Crippen LogP contribution in [-0.4, -0.2) is 42.6 Å². The average Bonchev–Trinajstić information content (AvgIpc) is 2.12. The molecule has 0 amide bonds. The van der Waals surface area contributed by atoms with Crippen LogP contribution < -0.4 is 11.1 Å². The first kappa shape index (κ1) is 15.3. The minimum Gasteiger partial charge on any atom is -0.370 e. The average molecular weight is 254 g/mol. The Bertz CT molecular complexity index is 289. The van der Waals surface area contributed by atoms with Crippen LogP contribution in [0.1, 0.15) is 47.5 Å². The van der Waals surface area contributed by atoms with Crippen molar-refractivity contribution in [3.8, 4) is 0 Å². The van der Waals surface area contributed by atoms with Crippen LogP contribution in [0.4, 0.5) is 0 Å². The zero-order valence-electron chi connectivity index (χ0n) is 12.7. The van der Waals surface area contributed by atoms with E-state index in [1.165, 1.54) is 25.9 Å².